The number of nitrogens with zero attached hydrogens (tertiary/aromatic N) is 4. The highest BCUT2D eigenvalue weighted by molar-refractivity contribution is 5.87. The molecule has 2 aromatic rings. The van der Waals surface area contributed by atoms with E-state index in [-0.39, 0.29) is 24.1 Å². The molecule has 0 bridgehead atoms. The van der Waals surface area contributed by atoms with E-state index in [1.54, 1.807) is 12.1 Å². The summed E-state index contributed by atoms with van der Waals surface area (Å²) in [5, 5.41) is 12.1. The Balaban J connectivity index is 0.00000225. The minimum atomic E-state index is -0.666. The van der Waals surface area contributed by atoms with Crippen molar-refractivity contribution in [3.05, 3.63) is 47.3 Å². The quantitative estimate of drug-likeness (QED) is 0.849. The van der Waals surface area contributed by atoms with E-state index in [0.29, 0.717) is 19.0 Å². The lowest BCUT2D eigenvalue weighted by molar-refractivity contribution is -0.137. The van der Waals surface area contributed by atoms with Gasteiger partial charge in [0.1, 0.15) is 17.5 Å². The van der Waals surface area contributed by atoms with Crippen molar-refractivity contribution in [2.75, 3.05) is 19.6 Å². The van der Waals surface area contributed by atoms with E-state index in [1.165, 1.54) is 12.1 Å². The van der Waals surface area contributed by atoms with Crippen LogP contribution in [0, 0.1) is 5.82 Å². The van der Waals surface area contributed by atoms with Crippen molar-refractivity contribution in [2.24, 2.45) is 0 Å². The van der Waals surface area contributed by atoms with Gasteiger partial charge in [-0.15, -0.1) is 22.6 Å². The lowest BCUT2D eigenvalue weighted by Gasteiger charge is -2.37. The van der Waals surface area contributed by atoms with Gasteiger partial charge >= 0.3 is 0 Å². The minimum Gasteiger partial charge on any atom is -0.342 e. The first-order valence-corrected chi connectivity index (χ1v) is 9.65. The minimum absolute atomic E-state index is 0. The molecule has 0 unspecified atom stereocenters. The Hall–Kier alpha value is -1.99. The molecule has 4 rings (SSSR count). The van der Waals surface area contributed by atoms with Crippen LogP contribution in [0.5, 0.6) is 0 Å². The lowest BCUT2D eigenvalue weighted by atomic mass is 9.82. The average molecular weight is 408 g/mol. The van der Waals surface area contributed by atoms with E-state index in [1.807, 2.05) is 18.7 Å². The van der Waals surface area contributed by atoms with Crippen molar-refractivity contribution < 1.29 is 9.18 Å². The maximum Gasteiger partial charge on any atom is 0.232 e. The lowest BCUT2D eigenvalue weighted by Crippen LogP contribution is -2.47. The van der Waals surface area contributed by atoms with Crippen LogP contribution in [0.25, 0.3) is 0 Å². The van der Waals surface area contributed by atoms with E-state index in [4.69, 9.17) is 0 Å². The second-order valence-electron chi connectivity index (χ2n) is 8.00. The van der Waals surface area contributed by atoms with Crippen LogP contribution in [0.3, 0.4) is 0 Å². The van der Waals surface area contributed by atoms with Crippen molar-refractivity contribution in [3.8, 4) is 0 Å². The van der Waals surface area contributed by atoms with Gasteiger partial charge in [-0.25, -0.2) is 4.39 Å². The molecule has 0 spiro atoms. The van der Waals surface area contributed by atoms with Gasteiger partial charge in [-0.1, -0.05) is 12.1 Å². The number of fused-ring (bicyclic) bond motifs is 1. The molecule has 1 aromatic heterocycles. The standard InChI is InChI=1S/C20H26FN5O.ClH/c1-20(2,15-3-5-16(21)6-4-15)19(27)25-10-7-14(8-11-25)18-24-23-17-13-22-9-12-26(17)18;/h3-6,14,22H,7-13H2,1-2H3;1H. The van der Waals surface area contributed by atoms with E-state index in [2.05, 4.69) is 20.1 Å². The number of piperidine rings is 1. The summed E-state index contributed by atoms with van der Waals surface area (Å²) in [7, 11) is 0. The van der Waals surface area contributed by atoms with Gasteiger partial charge in [0, 0.05) is 32.1 Å². The predicted octanol–water partition coefficient (Wildman–Crippen LogP) is 2.63. The molecule has 8 heteroatoms. The fourth-order valence-corrected chi connectivity index (χ4v) is 4.14. The van der Waals surface area contributed by atoms with E-state index in [9.17, 15) is 9.18 Å². The summed E-state index contributed by atoms with van der Waals surface area (Å²) in [5.74, 6) is 2.24. The van der Waals surface area contributed by atoms with Crippen LogP contribution >= 0.6 is 12.4 Å². The van der Waals surface area contributed by atoms with Crippen LogP contribution in [0.15, 0.2) is 24.3 Å². The summed E-state index contributed by atoms with van der Waals surface area (Å²) in [6.07, 6.45) is 1.80. The maximum atomic E-state index is 13.2. The van der Waals surface area contributed by atoms with Crippen molar-refractivity contribution in [2.45, 2.75) is 51.1 Å². The zero-order valence-corrected chi connectivity index (χ0v) is 17.1. The molecule has 0 saturated carbocycles. The molecule has 1 fully saturated rings. The third-order valence-electron chi connectivity index (χ3n) is 5.90. The highest BCUT2D eigenvalue weighted by atomic mass is 35.5. The molecular weight excluding hydrogens is 381 g/mol. The molecule has 1 aromatic carbocycles. The SMILES string of the molecule is CC(C)(C(=O)N1CCC(c2nnc3n2CCNC3)CC1)c1ccc(F)cc1.Cl. The number of halogens is 2. The molecule has 1 amide bonds. The van der Waals surface area contributed by atoms with Gasteiger partial charge in [-0.3, -0.25) is 4.79 Å². The van der Waals surface area contributed by atoms with E-state index < -0.39 is 5.41 Å². The van der Waals surface area contributed by atoms with Gasteiger partial charge in [0.25, 0.3) is 0 Å². The number of amides is 1. The van der Waals surface area contributed by atoms with Crippen molar-refractivity contribution in [1.82, 2.24) is 25.0 Å². The van der Waals surface area contributed by atoms with Gasteiger partial charge in [0.2, 0.25) is 5.91 Å². The van der Waals surface area contributed by atoms with Crippen LogP contribution in [-0.4, -0.2) is 45.2 Å². The first kappa shape index (κ1) is 20.7. The molecule has 0 atom stereocenters. The molecule has 3 heterocycles. The summed E-state index contributed by atoms with van der Waals surface area (Å²) in [6, 6.07) is 6.24. The Morgan fingerprint density at radius 2 is 1.82 bits per heavy atom. The molecular formula is C20H27ClFN5O. The topological polar surface area (TPSA) is 63.1 Å². The molecule has 0 radical (unpaired) electrons. The van der Waals surface area contributed by atoms with Crippen LogP contribution in [0.1, 0.15) is 49.8 Å². The Labute approximate surface area is 170 Å². The zero-order valence-electron chi connectivity index (χ0n) is 16.3. The highest BCUT2D eigenvalue weighted by Gasteiger charge is 2.36. The summed E-state index contributed by atoms with van der Waals surface area (Å²) in [6.45, 7) is 7.89. The number of carbonyl (C=O) groups is 1. The number of likely N-dealkylation sites (tertiary alicyclic amines) is 1. The number of aromatic nitrogens is 3. The van der Waals surface area contributed by atoms with Gasteiger partial charge in [-0.05, 0) is 44.4 Å². The summed E-state index contributed by atoms with van der Waals surface area (Å²) in [4.78, 5) is 15.1. The summed E-state index contributed by atoms with van der Waals surface area (Å²) < 4.78 is 15.5. The fourth-order valence-electron chi connectivity index (χ4n) is 4.14. The first-order chi connectivity index (χ1) is 13.0. The number of rotatable bonds is 3. The third kappa shape index (κ3) is 3.78. The molecule has 1 saturated heterocycles. The summed E-state index contributed by atoms with van der Waals surface area (Å²) >= 11 is 0. The van der Waals surface area contributed by atoms with E-state index >= 15 is 0 Å². The summed E-state index contributed by atoms with van der Waals surface area (Å²) in [5.41, 5.74) is 0.176. The normalized spacial score (nSPS) is 17.8. The molecule has 2 aliphatic rings. The number of carbonyl (C=O) groups excluding carboxylic acids is 1. The largest absolute Gasteiger partial charge is 0.342 e. The fraction of sp³-hybridized carbons (Fsp3) is 0.550. The number of nitrogens with one attached hydrogen (secondary N) is 1. The van der Waals surface area contributed by atoms with E-state index in [0.717, 1.165) is 49.7 Å². The third-order valence-corrected chi connectivity index (χ3v) is 5.90. The van der Waals surface area contributed by atoms with Crippen molar-refractivity contribution in [3.63, 3.8) is 0 Å². The molecule has 152 valence electrons. The molecule has 28 heavy (non-hydrogen) atoms. The average Bonchev–Trinajstić information content (AvgIpc) is 3.12. The Morgan fingerprint density at radius 3 is 2.50 bits per heavy atom. The molecule has 1 N–H and O–H groups in total. The highest BCUT2D eigenvalue weighted by Crippen LogP contribution is 2.32. The van der Waals surface area contributed by atoms with Crippen molar-refractivity contribution >= 4 is 18.3 Å². The van der Waals surface area contributed by atoms with Gasteiger partial charge in [-0.2, -0.15) is 0 Å². The Bertz CT molecular complexity index is 828. The molecule has 6 nitrogen and oxygen atoms in total. The maximum absolute atomic E-state index is 13.2. The van der Waals surface area contributed by atoms with Crippen LogP contribution < -0.4 is 5.32 Å². The number of hydrogen-bond donors (Lipinski definition) is 1. The second-order valence-corrected chi connectivity index (χ2v) is 8.00. The van der Waals surface area contributed by atoms with Gasteiger partial charge < -0.3 is 14.8 Å². The second kappa shape index (κ2) is 8.17. The van der Waals surface area contributed by atoms with Gasteiger partial charge in [0.15, 0.2) is 0 Å². The van der Waals surface area contributed by atoms with Crippen molar-refractivity contribution in [1.29, 1.82) is 0 Å². The monoisotopic (exact) mass is 407 g/mol. The first-order valence-electron chi connectivity index (χ1n) is 9.65. The number of hydrogen-bond acceptors (Lipinski definition) is 4. The van der Waals surface area contributed by atoms with Crippen LogP contribution in [0.4, 0.5) is 4.39 Å². The predicted molar refractivity (Wildman–Crippen MR) is 107 cm³/mol. The van der Waals surface area contributed by atoms with Crippen LogP contribution in [0.2, 0.25) is 0 Å². The molecule has 0 aliphatic carbocycles. The molecule has 2 aliphatic heterocycles. The Kier molecular flexibility index (Phi) is 6.05. The Morgan fingerprint density at radius 1 is 1.14 bits per heavy atom. The zero-order chi connectivity index (χ0) is 19.0. The van der Waals surface area contributed by atoms with Crippen LogP contribution in [-0.2, 0) is 23.3 Å². The smallest absolute Gasteiger partial charge is 0.232 e. The number of benzene rings is 1. The van der Waals surface area contributed by atoms with Gasteiger partial charge in [0.05, 0.1) is 12.0 Å².